The van der Waals surface area contributed by atoms with E-state index in [1.165, 1.54) is 128 Å². The van der Waals surface area contributed by atoms with Crippen molar-refractivity contribution in [1.82, 2.24) is 0 Å². The predicted molar refractivity (Wildman–Crippen MR) is 433 cm³/mol. The van der Waals surface area contributed by atoms with Gasteiger partial charge in [0.1, 0.15) is 19.8 Å². The number of phosphoric ester groups is 1. The molecule has 10 heteroatoms. The number of carbonyl (C=O) groups is 2. The number of quaternary nitrogens is 1. The van der Waals surface area contributed by atoms with Gasteiger partial charge in [-0.15, -0.1) is 0 Å². The van der Waals surface area contributed by atoms with Crippen molar-refractivity contribution in [3.05, 3.63) is 194 Å². The minimum atomic E-state index is -4.66. The van der Waals surface area contributed by atoms with Crippen molar-refractivity contribution in [2.75, 3.05) is 47.5 Å². The topological polar surface area (TPSA) is 111 Å². The Kier molecular flexibility index (Phi) is 74.0. The van der Waals surface area contributed by atoms with Gasteiger partial charge in [0.25, 0.3) is 7.82 Å². The Hall–Kier alpha value is -5.15. The summed E-state index contributed by atoms with van der Waals surface area (Å²) in [5, 5.41) is 0. The molecule has 0 bridgehead atoms. The summed E-state index contributed by atoms with van der Waals surface area (Å²) in [6.07, 6.45) is 121. The molecule has 0 radical (unpaired) electrons. The Labute approximate surface area is 615 Å². The summed E-state index contributed by atoms with van der Waals surface area (Å²) in [6.45, 7) is 4.01. The van der Waals surface area contributed by atoms with E-state index in [2.05, 4.69) is 208 Å². The number of likely N-dealkylation sites (N-methyl/N-ethyl adjacent to an activating group) is 1. The number of hydrogen-bond donors (Lipinski definition) is 0. The fraction of sp³-hybridized carbons (Fsp3) is 0.622. The van der Waals surface area contributed by atoms with E-state index in [1.54, 1.807) is 0 Å². The van der Waals surface area contributed by atoms with Crippen LogP contribution in [0.25, 0.3) is 0 Å². The number of esters is 2. The Balaban J connectivity index is 4.04. The number of ether oxygens (including phenoxy) is 2. The second kappa shape index (κ2) is 78.0. The molecule has 0 aliphatic rings. The van der Waals surface area contributed by atoms with Gasteiger partial charge in [-0.2, -0.15) is 0 Å². The molecule has 0 rings (SSSR count). The number of hydrogen-bond acceptors (Lipinski definition) is 8. The monoisotopic (exact) mass is 1400 g/mol. The van der Waals surface area contributed by atoms with Gasteiger partial charge >= 0.3 is 11.9 Å². The molecule has 0 aromatic rings. The molecular formula is C90H148NO8P. The molecule has 0 N–H and O–H groups in total. The fourth-order valence-corrected chi connectivity index (χ4v) is 11.3. The fourth-order valence-electron chi connectivity index (χ4n) is 10.6. The first kappa shape index (κ1) is 94.8. The molecule has 0 aliphatic heterocycles. The second-order valence-electron chi connectivity index (χ2n) is 27.3. The highest BCUT2D eigenvalue weighted by atomic mass is 31.2. The molecule has 0 aliphatic carbocycles. The zero-order chi connectivity index (χ0) is 72.5. The van der Waals surface area contributed by atoms with Crippen LogP contribution in [0.5, 0.6) is 0 Å². The van der Waals surface area contributed by atoms with Gasteiger partial charge in [-0.3, -0.25) is 14.2 Å². The Bertz CT molecular complexity index is 2400. The summed E-state index contributed by atoms with van der Waals surface area (Å²) in [5.74, 6) is -0.843. The third kappa shape index (κ3) is 81.8. The van der Waals surface area contributed by atoms with Crippen LogP contribution >= 0.6 is 7.82 Å². The predicted octanol–water partition coefficient (Wildman–Crippen LogP) is 26.5. The first-order valence-electron chi connectivity index (χ1n) is 40.1. The molecule has 0 spiro atoms. The Morgan fingerprint density at radius 2 is 0.540 bits per heavy atom. The zero-order valence-corrected chi connectivity index (χ0v) is 65.5. The number of unbranched alkanes of at least 4 members (excludes halogenated alkanes) is 26. The summed E-state index contributed by atoms with van der Waals surface area (Å²) >= 11 is 0. The van der Waals surface area contributed by atoms with Crippen molar-refractivity contribution in [2.24, 2.45) is 0 Å². The largest absolute Gasteiger partial charge is 0.756 e. The minimum Gasteiger partial charge on any atom is -0.756 e. The highest BCUT2D eigenvalue weighted by Crippen LogP contribution is 2.38. The lowest BCUT2D eigenvalue weighted by atomic mass is 10.0. The standard InChI is InChI=1S/C90H148NO8P/c1-6-8-10-12-14-16-18-20-22-24-26-28-30-32-34-36-38-40-42-44-45-47-48-50-52-54-56-58-60-62-64-66-68-70-72-74-76-78-80-82-89(92)96-86-88(87-98-100(94,95)97-85-84-91(3,4)5)99-90(93)83-81-79-77-75-73-71-69-67-65-63-61-59-57-55-53-51-49-46-43-41-39-37-35-33-31-29-27-25-23-21-19-17-15-13-11-9-7-2/h8-11,14-17,20-23,26-29,32-35,38-41,44-46,49,53,55,59,61,88H,6-7,12-13,18-19,24-25,30-31,36-37,42-43,47-48,50-52,54,56-58,60,62-87H2,1-5H3/b10-8-,11-9-,16-14-,17-15-,22-20-,23-21-,28-26-,29-27-,34-32-,35-33-,40-38-,41-39-,45-44-,49-46-,55-53-,61-59-. The van der Waals surface area contributed by atoms with Crippen LogP contribution in [-0.4, -0.2) is 70.0 Å². The average molecular weight is 1400 g/mol. The maximum Gasteiger partial charge on any atom is 0.306 e. The molecule has 9 nitrogen and oxygen atoms in total. The van der Waals surface area contributed by atoms with E-state index in [9.17, 15) is 19.0 Å². The Morgan fingerprint density at radius 1 is 0.310 bits per heavy atom. The third-order valence-corrected chi connectivity index (χ3v) is 17.6. The van der Waals surface area contributed by atoms with Crippen molar-refractivity contribution in [1.29, 1.82) is 0 Å². The molecule has 0 fully saturated rings. The molecule has 0 heterocycles. The van der Waals surface area contributed by atoms with Gasteiger partial charge in [0, 0.05) is 12.8 Å². The van der Waals surface area contributed by atoms with E-state index >= 15 is 0 Å². The molecule has 566 valence electrons. The number of phosphoric acid groups is 1. The maximum atomic E-state index is 12.9. The van der Waals surface area contributed by atoms with Gasteiger partial charge in [0.05, 0.1) is 27.7 Å². The van der Waals surface area contributed by atoms with E-state index in [1.807, 2.05) is 21.1 Å². The van der Waals surface area contributed by atoms with Gasteiger partial charge in [-0.05, 0) is 141 Å². The van der Waals surface area contributed by atoms with Crippen molar-refractivity contribution in [3.8, 4) is 0 Å². The minimum absolute atomic E-state index is 0.0399. The number of carbonyl (C=O) groups excluding carboxylic acids is 2. The van der Waals surface area contributed by atoms with Gasteiger partial charge in [-0.1, -0.05) is 350 Å². The summed E-state index contributed by atoms with van der Waals surface area (Å²) in [6, 6.07) is 0. The van der Waals surface area contributed by atoms with Crippen molar-refractivity contribution in [2.45, 2.75) is 315 Å². The smallest absolute Gasteiger partial charge is 0.306 e. The quantitative estimate of drug-likeness (QED) is 0.0195. The van der Waals surface area contributed by atoms with E-state index in [0.29, 0.717) is 17.4 Å². The van der Waals surface area contributed by atoms with Crippen LogP contribution in [-0.2, 0) is 32.7 Å². The molecule has 0 saturated heterocycles. The molecule has 0 aromatic carbocycles. The van der Waals surface area contributed by atoms with Crippen LogP contribution < -0.4 is 4.89 Å². The number of rotatable bonds is 72. The van der Waals surface area contributed by atoms with Crippen LogP contribution in [0.1, 0.15) is 309 Å². The highest BCUT2D eigenvalue weighted by molar-refractivity contribution is 7.45. The summed E-state index contributed by atoms with van der Waals surface area (Å²) < 4.78 is 34.4. The summed E-state index contributed by atoms with van der Waals surface area (Å²) in [4.78, 5) is 38.2. The SMILES string of the molecule is CC/C=C\C/C=C\C/C=C\C/C=C\C/C=C\C/C=C\C/C=C\C/C=C\C/C=C\CCCCCCCCCCCC(=O)OC(COC(=O)CCCCCCCCCCCCCCCCCCC/C=C\C/C=C\C/C=C\C/C=C\C/C=C\C/C=C\C/C=C\CC)COP(=O)([O-])OCC[N+](C)(C)C. The normalized spacial score (nSPS) is 14.1. The average Bonchev–Trinajstić information content (AvgIpc) is 1.02. The number of allylic oxidation sites excluding steroid dienone is 32. The number of nitrogens with zero attached hydrogens (tertiary/aromatic N) is 1. The third-order valence-electron chi connectivity index (χ3n) is 16.6. The molecule has 0 saturated carbocycles. The van der Waals surface area contributed by atoms with Gasteiger partial charge in [-0.25, -0.2) is 0 Å². The van der Waals surface area contributed by atoms with Crippen molar-refractivity contribution in [3.63, 3.8) is 0 Å². The maximum absolute atomic E-state index is 12.9. The van der Waals surface area contributed by atoms with Crippen LogP contribution in [0.4, 0.5) is 0 Å². The molecular weight excluding hydrogens is 1250 g/mol. The Morgan fingerprint density at radius 3 is 0.800 bits per heavy atom. The summed E-state index contributed by atoms with van der Waals surface area (Å²) in [7, 11) is 1.15. The van der Waals surface area contributed by atoms with Crippen molar-refractivity contribution >= 4 is 19.8 Å². The van der Waals surface area contributed by atoms with Crippen LogP contribution in [0, 0.1) is 0 Å². The lowest BCUT2D eigenvalue weighted by molar-refractivity contribution is -0.870. The first-order valence-corrected chi connectivity index (χ1v) is 41.6. The molecule has 100 heavy (non-hydrogen) atoms. The van der Waals surface area contributed by atoms with Crippen LogP contribution in [0.2, 0.25) is 0 Å². The summed E-state index contributed by atoms with van der Waals surface area (Å²) in [5.41, 5.74) is 0. The van der Waals surface area contributed by atoms with Crippen LogP contribution in [0.3, 0.4) is 0 Å². The van der Waals surface area contributed by atoms with E-state index in [-0.39, 0.29) is 32.0 Å². The van der Waals surface area contributed by atoms with Crippen LogP contribution in [0.15, 0.2) is 194 Å². The first-order chi connectivity index (χ1) is 49.0. The van der Waals surface area contributed by atoms with Crippen molar-refractivity contribution < 1.29 is 42.1 Å². The highest BCUT2D eigenvalue weighted by Gasteiger charge is 2.22. The molecule has 0 aromatic heterocycles. The van der Waals surface area contributed by atoms with E-state index < -0.39 is 26.5 Å². The van der Waals surface area contributed by atoms with Gasteiger partial charge < -0.3 is 27.9 Å². The van der Waals surface area contributed by atoms with Gasteiger partial charge in [0.15, 0.2) is 6.10 Å². The second-order valence-corrected chi connectivity index (χ2v) is 28.7. The van der Waals surface area contributed by atoms with E-state index in [4.69, 9.17) is 18.5 Å². The molecule has 2 atom stereocenters. The lowest BCUT2D eigenvalue weighted by Gasteiger charge is -2.28. The zero-order valence-electron chi connectivity index (χ0n) is 64.6. The molecule has 2 unspecified atom stereocenters. The van der Waals surface area contributed by atoms with Gasteiger partial charge in [0.2, 0.25) is 0 Å². The van der Waals surface area contributed by atoms with E-state index in [0.717, 1.165) is 148 Å². The lowest BCUT2D eigenvalue weighted by Crippen LogP contribution is -2.37. The molecule has 0 amide bonds.